The van der Waals surface area contributed by atoms with Gasteiger partial charge in [0, 0.05) is 6.54 Å². The summed E-state index contributed by atoms with van der Waals surface area (Å²) in [7, 11) is 0. The molecule has 96 valence electrons. The number of aliphatic hydroxyl groups is 1. The number of halogens is 3. The van der Waals surface area contributed by atoms with Crippen molar-refractivity contribution in [2.45, 2.75) is 32.0 Å². The van der Waals surface area contributed by atoms with E-state index in [1.807, 2.05) is 0 Å². The van der Waals surface area contributed by atoms with E-state index in [-0.39, 0.29) is 6.54 Å². The second-order valence-electron chi connectivity index (χ2n) is 4.12. The normalized spacial score (nSPS) is 15.7. The van der Waals surface area contributed by atoms with Gasteiger partial charge >= 0.3 is 6.18 Å². The van der Waals surface area contributed by atoms with Crippen LogP contribution in [0.4, 0.5) is 13.2 Å². The molecule has 1 atom stereocenters. The fraction of sp³-hybridized carbons (Fsp3) is 0.500. The van der Waals surface area contributed by atoms with Crippen LogP contribution in [0.1, 0.15) is 30.0 Å². The number of alkyl halides is 3. The lowest BCUT2D eigenvalue weighted by Crippen LogP contribution is -2.35. The molecule has 0 aliphatic carbocycles. The Hall–Kier alpha value is -1.07. The van der Waals surface area contributed by atoms with Gasteiger partial charge in [0.2, 0.25) is 0 Å². The maximum absolute atomic E-state index is 12.5. The quantitative estimate of drug-likeness (QED) is 0.862. The van der Waals surface area contributed by atoms with Crippen LogP contribution in [0.5, 0.6) is 0 Å². The maximum Gasteiger partial charge on any atom is 0.416 e. The molecule has 5 heteroatoms. The van der Waals surface area contributed by atoms with Crippen LogP contribution in [0.2, 0.25) is 0 Å². The summed E-state index contributed by atoms with van der Waals surface area (Å²) in [5.74, 6) is 0. The molecule has 0 saturated carbocycles. The number of hydrogen-bond donors (Lipinski definition) is 2. The van der Waals surface area contributed by atoms with E-state index in [1.54, 1.807) is 13.8 Å². The first-order chi connectivity index (χ1) is 7.74. The Morgan fingerprint density at radius 2 is 1.88 bits per heavy atom. The summed E-state index contributed by atoms with van der Waals surface area (Å²) < 4.78 is 37.4. The fourth-order valence-electron chi connectivity index (χ4n) is 1.81. The summed E-state index contributed by atoms with van der Waals surface area (Å²) in [5.41, 5.74) is 4.35. The molecule has 1 aromatic rings. The number of rotatable bonds is 3. The Morgan fingerprint density at radius 1 is 1.29 bits per heavy atom. The first-order valence-corrected chi connectivity index (χ1v) is 5.35. The lowest BCUT2D eigenvalue weighted by Gasteiger charge is -2.27. The molecule has 1 aromatic carbocycles. The zero-order chi connectivity index (χ0) is 13.3. The molecule has 1 unspecified atom stereocenters. The second kappa shape index (κ2) is 4.66. The van der Waals surface area contributed by atoms with Crippen LogP contribution < -0.4 is 5.73 Å². The van der Waals surface area contributed by atoms with Crippen molar-refractivity contribution in [2.24, 2.45) is 5.73 Å². The zero-order valence-electron chi connectivity index (χ0n) is 9.80. The van der Waals surface area contributed by atoms with Gasteiger partial charge in [0.05, 0.1) is 5.56 Å². The molecule has 0 fully saturated rings. The summed E-state index contributed by atoms with van der Waals surface area (Å²) in [6.45, 7) is 3.26. The van der Waals surface area contributed by atoms with Gasteiger partial charge in [0.15, 0.2) is 0 Å². The van der Waals surface area contributed by atoms with Gasteiger partial charge < -0.3 is 10.8 Å². The maximum atomic E-state index is 12.5. The Labute approximate surface area is 98.3 Å². The Balaban J connectivity index is 3.23. The third-order valence-corrected chi connectivity index (χ3v) is 2.98. The molecular weight excluding hydrogens is 231 g/mol. The van der Waals surface area contributed by atoms with Gasteiger partial charge in [-0.15, -0.1) is 0 Å². The minimum Gasteiger partial charge on any atom is -0.384 e. The molecule has 0 aliphatic rings. The van der Waals surface area contributed by atoms with Crippen molar-refractivity contribution in [1.82, 2.24) is 0 Å². The van der Waals surface area contributed by atoms with Crippen molar-refractivity contribution in [1.29, 1.82) is 0 Å². The van der Waals surface area contributed by atoms with Gasteiger partial charge in [0.25, 0.3) is 0 Å². The molecule has 0 bridgehead atoms. The summed E-state index contributed by atoms with van der Waals surface area (Å²) >= 11 is 0. The largest absolute Gasteiger partial charge is 0.416 e. The third-order valence-electron chi connectivity index (χ3n) is 2.98. The van der Waals surface area contributed by atoms with Crippen LogP contribution in [0.25, 0.3) is 0 Å². The van der Waals surface area contributed by atoms with Crippen molar-refractivity contribution < 1.29 is 18.3 Å². The summed E-state index contributed by atoms with van der Waals surface area (Å²) in [6.07, 6.45) is -4.01. The van der Waals surface area contributed by atoms with E-state index in [0.717, 1.165) is 12.1 Å². The lowest BCUT2D eigenvalue weighted by atomic mass is 9.87. The van der Waals surface area contributed by atoms with Crippen molar-refractivity contribution >= 4 is 0 Å². The Kier molecular flexibility index (Phi) is 3.84. The van der Waals surface area contributed by atoms with Gasteiger partial charge in [0.1, 0.15) is 5.60 Å². The molecule has 17 heavy (non-hydrogen) atoms. The summed E-state index contributed by atoms with van der Waals surface area (Å²) in [5, 5.41) is 10.2. The predicted molar refractivity (Wildman–Crippen MR) is 59.4 cm³/mol. The van der Waals surface area contributed by atoms with Crippen molar-refractivity contribution in [3.63, 3.8) is 0 Å². The smallest absolute Gasteiger partial charge is 0.384 e. The van der Waals surface area contributed by atoms with Crippen LogP contribution in [-0.2, 0) is 11.8 Å². The molecule has 0 spiro atoms. The van der Waals surface area contributed by atoms with Crippen LogP contribution in [0.3, 0.4) is 0 Å². The van der Waals surface area contributed by atoms with Gasteiger partial charge in [-0.25, -0.2) is 0 Å². The van der Waals surface area contributed by atoms with E-state index in [1.165, 1.54) is 6.07 Å². The molecule has 2 nitrogen and oxygen atoms in total. The van der Waals surface area contributed by atoms with E-state index in [9.17, 15) is 18.3 Å². The zero-order valence-corrected chi connectivity index (χ0v) is 9.80. The van der Waals surface area contributed by atoms with E-state index in [2.05, 4.69) is 0 Å². The van der Waals surface area contributed by atoms with Crippen LogP contribution in [-0.4, -0.2) is 11.7 Å². The standard InChI is InChI=1S/C12H16F3NO/c1-3-11(17,7-16)10-5-4-9(6-8(10)2)12(13,14)15/h4-6,17H,3,7,16H2,1-2H3. The molecule has 0 radical (unpaired) electrons. The SMILES string of the molecule is CCC(O)(CN)c1ccc(C(F)(F)F)cc1C. The molecule has 0 heterocycles. The number of hydrogen-bond acceptors (Lipinski definition) is 2. The first kappa shape index (κ1) is 14.0. The third kappa shape index (κ3) is 2.79. The van der Waals surface area contributed by atoms with E-state index in [4.69, 9.17) is 5.73 Å². The van der Waals surface area contributed by atoms with Crippen molar-refractivity contribution in [3.8, 4) is 0 Å². The molecule has 3 N–H and O–H groups in total. The van der Waals surface area contributed by atoms with Gasteiger partial charge in [-0.05, 0) is 36.6 Å². The summed E-state index contributed by atoms with van der Waals surface area (Å²) in [6, 6.07) is 3.30. The highest BCUT2D eigenvalue weighted by atomic mass is 19.4. The van der Waals surface area contributed by atoms with E-state index in [0.29, 0.717) is 17.5 Å². The van der Waals surface area contributed by atoms with Crippen LogP contribution >= 0.6 is 0 Å². The number of aryl methyl sites for hydroxylation is 1. The van der Waals surface area contributed by atoms with E-state index >= 15 is 0 Å². The topological polar surface area (TPSA) is 46.2 Å². The monoisotopic (exact) mass is 247 g/mol. The minimum atomic E-state index is -4.36. The van der Waals surface area contributed by atoms with E-state index < -0.39 is 17.3 Å². The van der Waals surface area contributed by atoms with Crippen molar-refractivity contribution in [2.75, 3.05) is 6.54 Å². The Bertz CT molecular complexity index is 397. The second-order valence-corrected chi connectivity index (χ2v) is 4.12. The Morgan fingerprint density at radius 3 is 2.24 bits per heavy atom. The molecular formula is C12H16F3NO. The predicted octanol–water partition coefficient (Wildman–Crippen LogP) is 2.57. The fourth-order valence-corrected chi connectivity index (χ4v) is 1.81. The molecule has 1 rings (SSSR count). The molecule has 0 amide bonds. The molecule has 0 saturated heterocycles. The van der Waals surface area contributed by atoms with Gasteiger partial charge in [-0.3, -0.25) is 0 Å². The molecule has 0 aromatic heterocycles. The highest BCUT2D eigenvalue weighted by Gasteiger charge is 2.33. The van der Waals surface area contributed by atoms with Crippen LogP contribution in [0.15, 0.2) is 18.2 Å². The average molecular weight is 247 g/mol. The highest BCUT2D eigenvalue weighted by molar-refractivity contribution is 5.36. The number of nitrogens with two attached hydrogens (primary N) is 1. The number of benzene rings is 1. The first-order valence-electron chi connectivity index (χ1n) is 5.35. The molecule has 0 aliphatic heterocycles. The van der Waals surface area contributed by atoms with Gasteiger partial charge in [-0.2, -0.15) is 13.2 Å². The highest BCUT2D eigenvalue weighted by Crippen LogP contribution is 2.33. The van der Waals surface area contributed by atoms with Crippen molar-refractivity contribution in [3.05, 3.63) is 34.9 Å². The lowest BCUT2D eigenvalue weighted by molar-refractivity contribution is -0.137. The van der Waals surface area contributed by atoms with Gasteiger partial charge in [-0.1, -0.05) is 13.0 Å². The minimum absolute atomic E-state index is 0.0182. The average Bonchev–Trinajstić information content (AvgIpc) is 2.26. The van der Waals surface area contributed by atoms with Crippen LogP contribution in [0, 0.1) is 6.92 Å². The summed E-state index contributed by atoms with van der Waals surface area (Å²) in [4.78, 5) is 0.